The third kappa shape index (κ3) is 5.96. The number of carbonyl (C=O) groups is 1. The topological polar surface area (TPSA) is 59.3 Å². The molecule has 0 unspecified atom stereocenters. The summed E-state index contributed by atoms with van der Waals surface area (Å²) in [5.74, 6) is 0.938. The summed E-state index contributed by atoms with van der Waals surface area (Å²) < 4.78 is 10.9. The minimum Gasteiger partial charge on any atom is -0.494 e. The Kier molecular flexibility index (Phi) is 6.19. The number of esters is 1. The van der Waals surface area contributed by atoms with Crippen molar-refractivity contribution in [3.63, 3.8) is 0 Å². The van der Waals surface area contributed by atoms with E-state index < -0.39 is 0 Å². The molecule has 130 valence electrons. The Morgan fingerprint density at radius 1 is 1.00 bits per heavy atom. The largest absolute Gasteiger partial charge is 0.494 e. The number of carbonyl (C=O) groups excluding carboxylic acids is 1. The van der Waals surface area contributed by atoms with E-state index in [1.165, 1.54) is 5.56 Å². The third-order valence-electron chi connectivity index (χ3n) is 3.73. The van der Waals surface area contributed by atoms with Crippen LogP contribution < -0.4 is 9.47 Å². The summed E-state index contributed by atoms with van der Waals surface area (Å²) in [7, 11) is 0. The summed E-state index contributed by atoms with van der Waals surface area (Å²) in [5.41, 5.74) is 1.91. The number of hydrogen-bond donors (Lipinski definition) is 0. The van der Waals surface area contributed by atoms with Gasteiger partial charge in [0.25, 0.3) is 0 Å². The molecule has 2 aromatic rings. The second kappa shape index (κ2) is 8.34. The Labute approximate surface area is 149 Å². The normalized spacial score (nSPS) is 10.8. The van der Waals surface area contributed by atoms with Gasteiger partial charge in [0.2, 0.25) is 0 Å². The van der Waals surface area contributed by atoms with Gasteiger partial charge < -0.3 is 9.47 Å². The molecule has 0 saturated carbocycles. The molecule has 0 N–H and O–H groups in total. The van der Waals surface area contributed by atoms with E-state index in [9.17, 15) is 4.79 Å². The molecule has 0 fully saturated rings. The standard InChI is InChI=1S/C21H23NO3/c1-21(2,3)17-8-12-18(13-9-17)24-14-4-5-20(23)25-19-10-6-16(15-22)7-11-19/h6-13H,4-5,14H2,1-3H3. The van der Waals surface area contributed by atoms with Crippen molar-refractivity contribution < 1.29 is 14.3 Å². The van der Waals surface area contributed by atoms with E-state index in [4.69, 9.17) is 14.7 Å². The predicted molar refractivity (Wildman–Crippen MR) is 96.7 cm³/mol. The lowest BCUT2D eigenvalue weighted by molar-refractivity contribution is -0.134. The van der Waals surface area contributed by atoms with Crippen LogP contribution in [0.4, 0.5) is 0 Å². The van der Waals surface area contributed by atoms with Crippen LogP contribution in [0, 0.1) is 11.3 Å². The molecule has 0 aliphatic rings. The molecule has 0 radical (unpaired) electrons. The molecule has 0 aromatic heterocycles. The summed E-state index contributed by atoms with van der Waals surface area (Å²) in [6.45, 7) is 6.96. The first kappa shape index (κ1) is 18.5. The highest BCUT2D eigenvalue weighted by Crippen LogP contribution is 2.24. The fourth-order valence-electron chi connectivity index (χ4n) is 2.24. The first-order valence-corrected chi connectivity index (χ1v) is 8.33. The van der Waals surface area contributed by atoms with Crippen LogP contribution in [0.15, 0.2) is 48.5 Å². The first-order chi connectivity index (χ1) is 11.9. The molecule has 0 amide bonds. The highest BCUT2D eigenvalue weighted by atomic mass is 16.5. The lowest BCUT2D eigenvalue weighted by atomic mass is 9.87. The zero-order chi connectivity index (χ0) is 18.3. The van der Waals surface area contributed by atoms with Crippen LogP contribution in [-0.4, -0.2) is 12.6 Å². The Hall–Kier alpha value is -2.80. The summed E-state index contributed by atoms with van der Waals surface area (Å²) in [6.07, 6.45) is 0.857. The van der Waals surface area contributed by atoms with Gasteiger partial charge in [-0.05, 0) is 53.8 Å². The number of nitriles is 1. The quantitative estimate of drug-likeness (QED) is 0.438. The van der Waals surface area contributed by atoms with Crippen molar-refractivity contribution in [1.29, 1.82) is 5.26 Å². The van der Waals surface area contributed by atoms with Gasteiger partial charge in [-0.1, -0.05) is 32.9 Å². The van der Waals surface area contributed by atoms with Gasteiger partial charge in [-0.25, -0.2) is 0 Å². The fraction of sp³-hybridized carbons (Fsp3) is 0.333. The van der Waals surface area contributed by atoms with Crippen molar-refractivity contribution in [2.24, 2.45) is 0 Å². The van der Waals surface area contributed by atoms with Gasteiger partial charge in [0, 0.05) is 6.42 Å². The van der Waals surface area contributed by atoms with Crippen LogP contribution in [0.2, 0.25) is 0 Å². The molecular formula is C21H23NO3. The van der Waals surface area contributed by atoms with Gasteiger partial charge in [-0.15, -0.1) is 0 Å². The van der Waals surface area contributed by atoms with Crippen molar-refractivity contribution in [2.75, 3.05) is 6.61 Å². The maximum Gasteiger partial charge on any atom is 0.311 e. The van der Waals surface area contributed by atoms with Gasteiger partial charge >= 0.3 is 5.97 Å². The summed E-state index contributed by atoms with van der Waals surface area (Å²) in [4.78, 5) is 11.8. The smallest absolute Gasteiger partial charge is 0.311 e. The molecule has 0 atom stereocenters. The first-order valence-electron chi connectivity index (χ1n) is 8.33. The van der Waals surface area contributed by atoms with Crippen LogP contribution in [0.25, 0.3) is 0 Å². The molecule has 25 heavy (non-hydrogen) atoms. The van der Waals surface area contributed by atoms with E-state index >= 15 is 0 Å². The maximum absolute atomic E-state index is 11.8. The van der Waals surface area contributed by atoms with E-state index in [-0.39, 0.29) is 17.8 Å². The molecule has 0 aliphatic carbocycles. The van der Waals surface area contributed by atoms with E-state index in [2.05, 4.69) is 32.9 Å². The predicted octanol–water partition coefficient (Wildman–Crippen LogP) is 4.62. The molecule has 2 rings (SSSR count). The van der Waals surface area contributed by atoms with Crippen LogP contribution in [-0.2, 0) is 10.2 Å². The van der Waals surface area contributed by atoms with Crippen LogP contribution >= 0.6 is 0 Å². The lowest BCUT2D eigenvalue weighted by Gasteiger charge is -2.19. The molecular weight excluding hydrogens is 314 g/mol. The van der Waals surface area contributed by atoms with E-state index in [1.807, 2.05) is 18.2 Å². The van der Waals surface area contributed by atoms with Crippen molar-refractivity contribution in [2.45, 2.75) is 39.0 Å². The maximum atomic E-state index is 11.8. The van der Waals surface area contributed by atoms with E-state index in [1.54, 1.807) is 24.3 Å². The SMILES string of the molecule is CC(C)(C)c1ccc(OCCCC(=O)Oc2ccc(C#N)cc2)cc1. The van der Waals surface area contributed by atoms with Crippen LogP contribution in [0.1, 0.15) is 44.7 Å². The Morgan fingerprint density at radius 3 is 2.16 bits per heavy atom. The van der Waals surface area contributed by atoms with E-state index in [0.29, 0.717) is 24.3 Å². The third-order valence-corrected chi connectivity index (χ3v) is 3.73. The molecule has 2 aromatic carbocycles. The minimum absolute atomic E-state index is 0.119. The van der Waals surface area contributed by atoms with E-state index in [0.717, 1.165) is 5.75 Å². The molecule has 4 nitrogen and oxygen atoms in total. The Morgan fingerprint density at radius 2 is 1.60 bits per heavy atom. The number of rotatable bonds is 6. The summed E-state index contributed by atoms with van der Waals surface area (Å²) in [6, 6.07) is 16.5. The van der Waals surface area contributed by atoms with Crippen molar-refractivity contribution >= 4 is 5.97 Å². The molecule has 4 heteroatoms. The Balaban J connectivity index is 1.71. The second-order valence-corrected chi connectivity index (χ2v) is 6.84. The number of benzene rings is 2. The Bertz CT molecular complexity index is 735. The zero-order valence-corrected chi connectivity index (χ0v) is 14.9. The van der Waals surface area contributed by atoms with Gasteiger partial charge in [0.05, 0.1) is 18.2 Å². The summed E-state index contributed by atoms with van der Waals surface area (Å²) in [5, 5.41) is 8.73. The lowest BCUT2D eigenvalue weighted by Crippen LogP contribution is -2.11. The monoisotopic (exact) mass is 337 g/mol. The average Bonchev–Trinajstić information content (AvgIpc) is 2.59. The average molecular weight is 337 g/mol. The van der Waals surface area contributed by atoms with Gasteiger partial charge in [0.15, 0.2) is 0 Å². The molecule has 0 spiro atoms. The van der Waals surface area contributed by atoms with Gasteiger partial charge in [-0.3, -0.25) is 4.79 Å². The highest BCUT2D eigenvalue weighted by molar-refractivity contribution is 5.72. The second-order valence-electron chi connectivity index (χ2n) is 6.84. The van der Waals surface area contributed by atoms with Crippen LogP contribution in [0.3, 0.4) is 0 Å². The molecule has 0 aliphatic heterocycles. The minimum atomic E-state index is -0.309. The van der Waals surface area contributed by atoms with Crippen molar-refractivity contribution in [3.05, 3.63) is 59.7 Å². The zero-order valence-electron chi connectivity index (χ0n) is 14.9. The number of nitrogens with zero attached hydrogens (tertiary/aromatic N) is 1. The fourth-order valence-corrected chi connectivity index (χ4v) is 2.24. The summed E-state index contributed by atoms with van der Waals surface area (Å²) >= 11 is 0. The molecule has 0 heterocycles. The number of hydrogen-bond acceptors (Lipinski definition) is 4. The van der Waals surface area contributed by atoms with Crippen LogP contribution in [0.5, 0.6) is 11.5 Å². The molecule has 0 saturated heterocycles. The van der Waals surface area contributed by atoms with Gasteiger partial charge in [-0.2, -0.15) is 5.26 Å². The molecule has 0 bridgehead atoms. The number of ether oxygens (including phenoxy) is 2. The van der Waals surface area contributed by atoms with Crippen molar-refractivity contribution in [1.82, 2.24) is 0 Å². The van der Waals surface area contributed by atoms with Crippen molar-refractivity contribution in [3.8, 4) is 17.6 Å². The van der Waals surface area contributed by atoms with Gasteiger partial charge in [0.1, 0.15) is 11.5 Å². The highest BCUT2D eigenvalue weighted by Gasteiger charge is 2.13.